The molecule has 4 heteroatoms. The standard InChI is InChI=1S/C18H24FNO2/c19-16-5-3-4-15(11-16)18(7-1-2-8-18)13-20-17(21)10-14-6-9-22-12-14/h3-5,11,14H,1-2,6-10,12-13H2,(H,20,21). The van der Waals surface area contributed by atoms with E-state index in [1.165, 1.54) is 6.07 Å². The fourth-order valence-electron chi connectivity index (χ4n) is 3.78. The third-order valence-electron chi connectivity index (χ3n) is 5.12. The van der Waals surface area contributed by atoms with Gasteiger partial charge in [0.1, 0.15) is 5.82 Å². The first-order chi connectivity index (χ1) is 10.7. The first kappa shape index (κ1) is 15.5. The van der Waals surface area contributed by atoms with Crippen LogP contribution in [0.2, 0.25) is 0 Å². The third kappa shape index (κ3) is 3.49. The highest BCUT2D eigenvalue weighted by molar-refractivity contribution is 5.76. The number of hydrogen-bond donors (Lipinski definition) is 1. The predicted octanol–water partition coefficient (Wildman–Crippen LogP) is 3.18. The number of rotatable bonds is 5. The average molecular weight is 305 g/mol. The summed E-state index contributed by atoms with van der Waals surface area (Å²) in [5.41, 5.74) is 0.929. The largest absolute Gasteiger partial charge is 0.381 e. The summed E-state index contributed by atoms with van der Waals surface area (Å²) < 4.78 is 18.9. The van der Waals surface area contributed by atoms with Crippen molar-refractivity contribution in [3.63, 3.8) is 0 Å². The third-order valence-corrected chi connectivity index (χ3v) is 5.12. The summed E-state index contributed by atoms with van der Waals surface area (Å²) in [5.74, 6) is 0.255. The minimum atomic E-state index is -0.196. The van der Waals surface area contributed by atoms with E-state index in [9.17, 15) is 9.18 Å². The second-order valence-electron chi connectivity index (χ2n) is 6.71. The molecule has 0 aromatic heterocycles. The summed E-state index contributed by atoms with van der Waals surface area (Å²) in [5, 5.41) is 3.09. The highest BCUT2D eigenvalue weighted by Gasteiger charge is 2.36. The minimum absolute atomic E-state index is 0.0933. The molecule has 2 aliphatic rings. The van der Waals surface area contributed by atoms with E-state index >= 15 is 0 Å². The van der Waals surface area contributed by atoms with E-state index in [-0.39, 0.29) is 17.1 Å². The Morgan fingerprint density at radius 1 is 1.36 bits per heavy atom. The zero-order valence-electron chi connectivity index (χ0n) is 12.9. The van der Waals surface area contributed by atoms with Gasteiger partial charge in [0.25, 0.3) is 0 Å². The van der Waals surface area contributed by atoms with Gasteiger partial charge in [0.15, 0.2) is 0 Å². The molecule has 2 fully saturated rings. The van der Waals surface area contributed by atoms with Crippen LogP contribution in [0.25, 0.3) is 0 Å². The van der Waals surface area contributed by atoms with Crippen molar-refractivity contribution >= 4 is 5.91 Å². The van der Waals surface area contributed by atoms with Gasteiger partial charge >= 0.3 is 0 Å². The van der Waals surface area contributed by atoms with Crippen LogP contribution in [-0.2, 0) is 14.9 Å². The lowest BCUT2D eigenvalue weighted by Gasteiger charge is -2.30. The van der Waals surface area contributed by atoms with Gasteiger partial charge in [-0.05, 0) is 42.9 Å². The Morgan fingerprint density at radius 3 is 2.86 bits per heavy atom. The molecule has 1 atom stereocenters. The molecule has 1 saturated heterocycles. The lowest BCUT2D eigenvalue weighted by atomic mass is 9.78. The summed E-state index contributed by atoms with van der Waals surface area (Å²) in [7, 11) is 0. The molecule has 1 heterocycles. The van der Waals surface area contributed by atoms with Crippen molar-refractivity contribution in [2.45, 2.75) is 43.9 Å². The van der Waals surface area contributed by atoms with Crippen molar-refractivity contribution in [1.82, 2.24) is 5.32 Å². The molecule has 120 valence electrons. The van der Waals surface area contributed by atoms with Crippen molar-refractivity contribution in [1.29, 1.82) is 0 Å². The van der Waals surface area contributed by atoms with Crippen molar-refractivity contribution < 1.29 is 13.9 Å². The molecule has 1 N–H and O–H groups in total. The van der Waals surface area contributed by atoms with E-state index in [1.54, 1.807) is 12.1 Å². The van der Waals surface area contributed by atoms with Crippen LogP contribution in [0.4, 0.5) is 4.39 Å². The minimum Gasteiger partial charge on any atom is -0.381 e. The fourth-order valence-corrected chi connectivity index (χ4v) is 3.78. The quantitative estimate of drug-likeness (QED) is 0.907. The molecule has 1 aromatic carbocycles. The van der Waals surface area contributed by atoms with E-state index in [4.69, 9.17) is 4.74 Å². The van der Waals surface area contributed by atoms with Crippen LogP contribution in [0, 0.1) is 11.7 Å². The average Bonchev–Trinajstić information content (AvgIpc) is 3.17. The number of nitrogens with one attached hydrogen (secondary N) is 1. The van der Waals surface area contributed by atoms with Crippen LogP contribution in [0.15, 0.2) is 24.3 Å². The first-order valence-corrected chi connectivity index (χ1v) is 8.28. The Hall–Kier alpha value is -1.42. The maximum Gasteiger partial charge on any atom is 0.220 e. The molecule has 1 saturated carbocycles. The summed E-state index contributed by atoms with van der Waals surface area (Å²) >= 11 is 0. The molecular weight excluding hydrogens is 281 g/mol. The van der Waals surface area contributed by atoms with Gasteiger partial charge in [0.2, 0.25) is 5.91 Å². The van der Waals surface area contributed by atoms with Crippen LogP contribution >= 0.6 is 0 Å². The van der Waals surface area contributed by atoms with Gasteiger partial charge in [0, 0.05) is 31.6 Å². The molecule has 0 spiro atoms. The molecule has 1 aliphatic heterocycles. The highest BCUT2D eigenvalue weighted by Crippen LogP contribution is 2.40. The Bertz CT molecular complexity index is 520. The molecule has 1 unspecified atom stereocenters. The second-order valence-corrected chi connectivity index (χ2v) is 6.71. The smallest absolute Gasteiger partial charge is 0.220 e. The number of benzene rings is 1. The van der Waals surface area contributed by atoms with Crippen LogP contribution < -0.4 is 5.32 Å². The van der Waals surface area contributed by atoms with E-state index in [0.717, 1.165) is 44.3 Å². The lowest BCUT2D eigenvalue weighted by Crippen LogP contribution is -2.39. The molecule has 1 aliphatic carbocycles. The number of halogens is 1. The molecule has 22 heavy (non-hydrogen) atoms. The maximum absolute atomic E-state index is 13.6. The van der Waals surface area contributed by atoms with E-state index in [2.05, 4.69) is 5.32 Å². The zero-order valence-corrected chi connectivity index (χ0v) is 12.9. The topological polar surface area (TPSA) is 38.3 Å². The molecule has 1 aromatic rings. The molecule has 0 radical (unpaired) electrons. The monoisotopic (exact) mass is 305 g/mol. The molecular formula is C18H24FNO2. The Kier molecular flexibility index (Phi) is 4.77. The Balaban J connectivity index is 1.63. The van der Waals surface area contributed by atoms with Gasteiger partial charge in [0.05, 0.1) is 0 Å². The number of hydrogen-bond acceptors (Lipinski definition) is 2. The lowest BCUT2D eigenvalue weighted by molar-refractivity contribution is -0.122. The summed E-state index contributed by atoms with van der Waals surface area (Å²) in [6.07, 6.45) is 5.83. The first-order valence-electron chi connectivity index (χ1n) is 8.28. The van der Waals surface area contributed by atoms with Gasteiger partial charge in [-0.25, -0.2) is 4.39 Å². The molecule has 0 bridgehead atoms. The van der Waals surface area contributed by atoms with Crippen LogP contribution in [-0.4, -0.2) is 25.7 Å². The van der Waals surface area contributed by atoms with Gasteiger partial charge in [-0.2, -0.15) is 0 Å². The molecule has 1 amide bonds. The van der Waals surface area contributed by atoms with Crippen LogP contribution in [0.3, 0.4) is 0 Å². The maximum atomic E-state index is 13.6. The number of amides is 1. The van der Waals surface area contributed by atoms with E-state index in [0.29, 0.717) is 25.5 Å². The summed E-state index contributed by atoms with van der Waals surface area (Å²) in [6.45, 7) is 2.08. The van der Waals surface area contributed by atoms with Gasteiger partial charge in [-0.1, -0.05) is 25.0 Å². The van der Waals surface area contributed by atoms with Gasteiger partial charge in [-0.3, -0.25) is 4.79 Å². The fraction of sp³-hybridized carbons (Fsp3) is 0.611. The summed E-state index contributed by atoms with van der Waals surface area (Å²) in [4.78, 5) is 12.2. The zero-order chi connectivity index (χ0) is 15.4. The Labute approximate surface area is 131 Å². The van der Waals surface area contributed by atoms with Gasteiger partial charge in [-0.15, -0.1) is 0 Å². The number of ether oxygens (including phenoxy) is 1. The Morgan fingerprint density at radius 2 is 2.18 bits per heavy atom. The van der Waals surface area contributed by atoms with Crippen molar-refractivity contribution in [2.24, 2.45) is 5.92 Å². The van der Waals surface area contributed by atoms with E-state index < -0.39 is 0 Å². The summed E-state index contributed by atoms with van der Waals surface area (Å²) in [6, 6.07) is 6.86. The normalized spacial score (nSPS) is 23.6. The van der Waals surface area contributed by atoms with Crippen molar-refractivity contribution in [2.75, 3.05) is 19.8 Å². The van der Waals surface area contributed by atoms with Crippen LogP contribution in [0.5, 0.6) is 0 Å². The number of carbonyl (C=O) groups excluding carboxylic acids is 1. The van der Waals surface area contributed by atoms with Crippen LogP contribution in [0.1, 0.15) is 44.1 Å². The second kappa shape index (κ2) is 6.78. The van der Waals surface area contributed by atoms with Crippen molar-refractivity contribution in [3.8, 4) is 0 Å². The number of carbonyl (C=O) groups is 1. The SMILES string of the molecule is O=C(CC1CCOC1)NCC1(c2cccc(F)c2)CCCC1. The molecule has 3 rings (SSSR count). The highest BCUT2D eigenvalue weighted by atomic mass is 19.1. The predicted molar refractivity (Wildman–Crippen MR) is 83.1 cm³/mol. The van der Waals surface area contributed by atoms with Gasteiger partial charge < -0.3 is 10.1 Å². The van der Waals surface area contributed by atoms with Crippen molar-refractivity contribution in [3.05, 3.63) is 35.6 Å². The molecule has 3 nitrogen and oxygen atoms in total. The van der Waals surface area contributed by atoms with E-state index in [1.807, 2.05) is 6.07 Å².